The zero-order valence-electron chi connectivity index (χ0n) is 20.0. The third-order valence-electron chi connectivity index (χ3n) is 5.83. The van der Waals surface area contributed by atoms with Crippen LogP contribution >= 0.6 is 11.6 Å². The Bertz CT molecular complexity index is 1170. The van der Waals surface area contributed by atoms with Crippen LogP contribution in [0.5, 0.6) is 5.75 Å². The number of hydrazine groups is 1. The minimum absolute atomic E-state index is 0.0871. The number of aliphatic hydroxyl groups is 1. The molecule has 0 bridgehead atoms. The van der Waals surface area contributed by atoms with Crippen LogP contribution < -0.4 is 15.6 Å². The summed E-state index contributed by atoms with van der Waals surface area (Å²) >= 11 is 6.06. The highest BCUT2D eigenvalue weighted by Gasteiger charge is 2.44. The molecule has 0 unspecified atom stereocenters. The summed E-state index contributed by atoms with van der Waals surface area (Å²) < 4.78 is 11.5. The third kappa shape index (κ3) is 6.85. The van der Waals surface area contributed by atoms with E-state index in [9.17, 15) is 4.79 Å². The first-order chi connectivity index (χ1) is 17.6. The van der Waals surface area contributed by atoms with Gasteiger partial charge in [0.25, 0.3) is 5.91 Å². The smallest absolute Gasteiger partial charge is 0.266 e. The Morgan fingerprint density at radius 3 is 2.58 bits per heavy atom. The van der Waals surface area contributed by atoms with Gasteiger partial charge in [0.05, 0.1) is 6.61 Å². The van der Waals surface area contributed by atoms with Crippen LogP contribution in [0.3, 0.4) is 0 Å². The van der Waals surface area contributed by atoms with Crippen LogP contribution in [0.4, 0.5) is 0 Å². The van der Waals surface area contributed by atoms with Crippen molar-refractivity contribution in [1.82, 2.24) is 10.9 Å². The number of nitrogens with zero attached hydrogens (tertiary/aromatic N) is 1. The SMILES string of the molecule is O=C(NNCCc1cccc(Cl)c1)[C@]1(Cc2ccccc2)COC(c2ccc(OCCCO)cc2)=N1. The van der Waals surface area contributed by atoms with Gasteiger partial charge in [0.15, 0.2) is 5.54 Å². The predicted molar refractivity (Wildman–Crippen MR) is 140 cm³/mol. The van der Waals surface area contributed by atoms with Crippen LogP contribution in [0.1, 0.15) is 23.1 Å². The second-order valence-electron chi connectivity index (χ2n) is 8.61. The van der Waals surface area contributed by atoms with E-state index >= 15 is 0 Å². The fraction of sp³-hybridized carbons (Fsp3) is 0.286. The van der Waals surface area contributed by atoms with Crippen molar-refractivity contribution < 1.29 is 19.4 Å². The number of benzene rings is 3. The normalized spacial score (nSPS) is 16.8. The zero-order chi connectivity index (χ0) is 25.2. The van der Waals surface area contributed by atoms with Gasteiger partial charge < -0.3 is 14.6 Å². The quantitative estimate of drug-likeness (QED) is 0.257. The Morgan fingerprint density at radius 2 is 1.83 bits per heavy atom. The number of halogens is 1. The highest BCUT2D eigenvalue weighted by atomic mass is 35.5. The number of nitrogens with one attached hydrogen (secondary N) is 2. The molecule has 188 valence electrons. The van der Waals surface area contributed by atoms with Crippen molar-refractivity contribution in [3.05, 3.63) is 101 Å². The van der Waals surface area contributed by atoms with E-state index < -0.39 is 5.54 Å². The number of aliphatic imine (C=N–C) groups is 1. The van der Waals surface area contributed by atoms with Gasteiger partial charge in [-0.05, 0) is 53.9 Å². The van der Waals surface area contributed by atoms with E-state index in [0.29, 0.717) is 49.1 Å². The molecular weight excluding hydrogens is 478 g/mol. The van der Waals surface area contributed by atoms with E-state index in [1.54, 1.807) is 0 Å². The van der Waals surface area contributed by atoms with Crippen molar-refractivity contribution >= 4 is 23.4 Å². The topological polar surface area (TPSA) is 92.2 Å². The Labute approximate surface area is 216 Å². The monoisotopic (exact) mass is 507 g/mol. The third-order valence-corrected chi connectivity index (χ3v) is 6.06. The first-order valence-electron chi connectivity index (χ1n) is 12.0. The molecule has 1 aliphatic heterocycles. The lowest BCUT2D eigenvalue weighted by molar-refractivity contribution is -0.127. The zero-order valence-corrected chi connectivity index (χ0v) is 20.7. The molecule has 3 aromatic rings. The minimum Gasteiger partial charge on any atom is -0.494 e. The molecule has 0 fully saturated rings. The standard InChI is InChI=1S/C28H30ClN3O4/c29-24-9-4-8-21(18-24)14-15-30-32-27(34)28(19-22-6-2-1-3-7-22)20-36-26(31-28)23-10-12-25(13-11-23)35-17-5-16-33/h1-4,6-13,18,30,33H,5,14-17,19-20H2,(H,32,34)/t28-/m0/s1. The molecule has 36 heavy (non-hydrogen) atoms. The molecule has 4 rings (SSSR count). The van der Waals surface area contributed by atoms with Gasteiger partial charge in [-0.1, -0.05) is 54.1 Å². The summed E-state index contributed by atoms with van der Waals surface area (Å²) in [4.78, 5) is 18.2. The average molecular weight is 508 g/mol. The average Bonchev–Trinajstić information content (AvgIpc) is 3.33. The molecule has 3 aromatic carbocycles. The minimum atomic E-state index is -1.10. The highest BCUT2D eigenvalue weighted by molar-refractivity contribution is 6.30. The number of aliphatic hydroxyl groups excluding tert-OH is 1. The van der Waals surface area contributed by atoms with E-state index in [4.69, 9.17) is 31.2 Å². The summed E-state index contributed by atoms with van der Waals surface area (Å²) in [6.07, 6.45) is 1.69. The van der Waals surface area contributed by atoms with Crippen LogP contribution in [0.2, 0.25) is 5.02 Å². The van der Waals surface area contributed by atoms with Gasteiger partial charge in [0.2, 0.25) is 5.90 Å². The van der Waals surface area contributed by atoms with Gasteiger partial charge in [-0.3, -0.25) is 10.2 Å². The molecule has 0 saturated carbocycles. The second kappa shape index (κ2) is 12.5. The second-order valence-corrected chi connectivity index (χ2v) is 9.05. The lowest BCUT2D eigenvalue weighted by Gasteiger charge is -2.23. The van der Waals surface area contributed by atoms with Crippen molar-refractivity contribution in [3.63, 3.8) is 0 Å². The predicted octanol–water partition coefficient (Wildman–Crippen LogP) is 3.72. The Kier molecular flexibility index (Phi) is 8.95. The summed E-state index contributed by atoms with van der Waals surface area (Å²) in [7, 11) is 0. The van der Waals surface area contributed by atoms with Gasteiger partial charge in [-0.25, -0.2) is 10.4 Å². The Morgan fingerprint density at radius 1 is 1.06 bits per heavy atom. The van der Waals surface area contributed by atoms with Crippen molar-refractivity contribution in [3.8, 4) is 5.75 Å². The molecule has 0 aliphatic carbocycles. The maximum Gasteiger partial charge on any atom is 0.266 e. The van der Waals surface area contributed by atoms with Crippen LogP contribution in [-0.2, 0) is 22.4 Å². The summed E-state index contributed by atoms with van der Waals surface area (Å²) in [5, 5.41) is 9.60. The number of ether oxygens (including phenoxy) is 2. The maximum absolute atomic E-state index is 13.4. The van der Waals surface area contributed by atoms with Crippen LogP contribution in [0.25, 0.3) is 0 Å². The van der Waals surface area contributed by atoms with Crippen molar-refractivity contribution in [1.29, 1.82) is 0 Å². The van der Waals surface area contributed by atoms with Crippen LogP contribution in [-0.4, -0.2) is 48.8 Å². The summed E-state index contributed by atoms with van der Waals surface area (Å²) in [5.74, 6) is 0.862. The first kappa shape index (κ1) is 25.7. The van der Waals surface area contributed by atoms with E-state index in [0.717, 1.165) is 16.7 Å². The fourth-order valence-corrected chi connectivity index (χ4v) is 4.13. The number of carbonyl (C=O) groups is 1. The van der Waals surface area contributed by atoms with Crippen LogP contribution in [0.15, 0.2) is 83.9 Å². The van der Waals surface area contributed by atoms with E-state index in [-0.39, 0.29) is 19.1 Å². The van der Waals surface area contributed by atoms with Gasteiger partial charge in [-0.2, -0.15) is 0 Å². The maximum atomic E-state index is 13.4. The lowest BCUT2D eigenvalue weighted by Crippen LogP contribution is -2.53. The molecule has 1 amide bonds. The molecule has 0 saturated heterocycles. The highest BCUT2D eigenvalue weighted by Crippen LogP contribution is 2.27. The Hall–Kier alpha value is -3.39. The van der Waals surface area contributed by atoms with Crippen molar-refractivity contribution in [2.45, 2.75) is 24.8 Å². The van der Waals surface area contributed by atoms with E-state index in [1.807, 2.05) is 78.9 Å². The number of amides is 1. The summed E-state index contributed by atoms with van der Waals surface area (Å²) in [5.41, 5.74) is 7.59. The molecule has 0 spiro atoms. The van der Waals surface area contributed by atoms with Gasteiger partial charge in [0.1, 0.15) is 12.4 Å². The number of carbonyl (C=O) groups excluding carboxylic acids is 1. The number of hydrogen-bond donors (Lipinski definition) is 3. The van der Waals surface area contributed by atoms with Crippen molar-refractivity contribution in [2.24, 2.45) is 4.99 Å². The molecule has 1 aliphatic rings. The molecule has 3 N–H and O–H groups in total. The van der Waals surface area contributed by atoms with Gasteiger partial charge in [0, 0.05) is 36.6 Å². The number of hydrogen-bond acceptors (Lipinski definition) is 6. The molecule has 0 aromatic heterocycles. The molecule has 0 radical (unpaired) electrons. The molecular formula is C28H30ClN3O4. The lowest BCUT2D eigenvalue weighted by atomic mass is 9.91. The van der Waals surface area contributed by atoms with Gasteiger partial charge >= 0.3 is 0 Å². The molecule has 8 heteroatoms. The van der Waals surface area contributed by atoms with Crippen LogP contribution in [0, 0.1) is 0 Å². The number of rotatable bonds is 12. The van der Waals surface area contributed by atoms with Gasteiger partial charge in [-0.15, -0.1) is 0 Å². The molecule has 1 heterocycles. The Balaban J connectivity index is 1.45. The van der Waals surface area contributed by atoms with E-state index in [1.165, 1.54) is 0 Å². The summed E-state index contributed by atoms with van der Waals surface area (Å²) in [6, 6.07) is 24.8. The first-order valence-corrected chi connectivity index (χ1v) is 12.3. The molecule has 7 nitrogen and oxygen atoms in total. The summed E-state index contributed by atoms with van der Waals surface area (Å²) in [6.45, 7) is 1.21. The molecule has 1 atom stereocenters. The largest absolute Gasteiger partial charge is 0.494 e. The fourth-order valence-electron chi connectivity index (χ4n) is 3.92. The van der Waals surface area contributed by atoms with Crippen molar-refractivity contribution in [2.75, 3.05) is 26.4 Å². The van der Waals surface area contributed by atoms with E-state index in [2.05, 4.69) is 10.9 Å².